The third-order valence-corrected chi connectivity index (χ3v) is 6.62. The van der Waals surface area contributed by atoms with Crippen molar-refractivity contribution < 1.29 is 13.7 Å². The second-order valence-corrected chi connectivity index (χ2v) is 9.31. The van der Waals surface area contributed by atoms with Crippen molar-refractivity contribution in [1.82, 2.24) is 24.5 Å². The van der Waals surface area contributed by atoms with Crippen LogP contribution in [0.3, 0.4) is 0 Å². The van der Waals surface area contributed by atoms with Crippen LogP contribution in [0.5, 0.6) is 0 Å². The third-order valence-electron chi connectivity index (χ3n) is 5.30. The van der Waals surface area contributed by atoms with E-state index in [2.05, 4.69) is 27.5 Å². The largest absolute Gasteiger partial charge is 0.611 e. The zero-order valence-electron chi connectivity index (χ0n) is 19.4. The molecule has 0 fully saturated rings. The van der Waals surface area contributed by atoms with Gasteiger partial charge in [0.15, 0.2) is 16.5 Å². The summed E-state index contributed by atoms with van der Waals surface area (Å²) in [7, 11) is 1.79. The van der Waals surface area contributed by atoms with Gasteiger partial charge in [0.1, 0.15) is 12.1 Å². The molecule has 4 rings (SSSR count). The van der Waals surface area contributed by atoms with Crippen LogP contribution in [0.1, 0.15) is 24.7 Å². The van der Waals surface area contributed by atoms with Gasteiger partial charge in [-0.2, -0.15) is 5.10 Å². The van der Waals surface area contributed by atoms with Crippen molar-refractivity contribution in [1.29, 1.82) is 0 Å². The van der Waals surface area contributed by atoms with Gasteiger partial charge in [-0.3, -0.25) is 9.48 Å². The Morgan fingerprint density at radius 1 is 1.17 bits per heavy atom. The standard InChI is InChI=1S/C25H25FN6O2S/c1-3-14-32-17-27-30-23(32)16-35(34)22-11-9-21(10-12-22)29-24(33)13-6-19-15-28-31(2)25(19)18-4-7-20(26)8-5-18/h4-13,15,17H,3,14,16H2,1-2H3,(H,29,33). The Bertz CT molecular complexity index is 1310. The number of rotatable bonds is 9. The molecule has 1 atom stereocenters. The lowest BCUT2D eigenvalue weighted by atomic mass is 10.1. The van der Waals surface area contributed by atoms with Crippen molar-refractivity contribution in [3.05, 3.63) is 84.3 Å². The van der Waals surface area contributed by atoms with Gasteiger partial charge in [-0.25, -0.2) is 4.39 Å². The van der Waals surface area contributed by atoms with Gasteiger partial charge in [0, 0.05) is 36.5 Å². The smallest absolute Gasteiger partial charge is 0.248 e. The van der Waals surface area contributed by atoms with Crippen molar-refractivity contribution in [3.8, 4) is 11.3 Å². The summed E-state index contributed by atoms with van der Waals surface area (Å²) in [6.07, 6.45) is 7.31. The number of aryl methyl sites for hydroxylation is 2. The Morgan fingerprint density at radius 2 is 1.91 bits per heavy atom. The average molecular weight is 493 g/mol. The molecule has 1 unspecified atom stereocenters. The first-order valence-corrected chi connectivity index (χ1v) is 12.4. The summed E-state index contributed by atoms with van der Waals surface area (Å²) in [6.45, 7) is 2.84. The van der Waals surface area contributed by atoms with Crippen LogP contribution < -0.4 is 5.32 Å². The summed E-state index contributed by atoms with van der Waals surface area (Å²) >= 11 is -1.28. The van der Waals surface area contributed by atoms with Crippen molar-refractivity contribution in [2.24, 2.45) is 7.05 Å². The highest BCUT2D eigenvalue weighted by molar-refractivity contribution is 7.90. The quantitative estimate of drug-likeness (QED) is 0.279. The number of halogens is 1. The Labute approximate surface area is 205 Å². The molecule has 10 heteroatoms. The minimum atomic E-state index is -1.28. The Balaban J connectivity index is 1.39. The van der Waals surface area contributed by atoms with Crippen molar-refractivity contribution in [2.75, 3.05) is 5.32 Å². The number of amides is 1. The molecule has 0 saturated carbocycles. The fourth-order valence-corrected chi connectivity index (χ4v) is 4.66. The van der Waals surface area contributed by atoms with E-state index in [1.165, 1.54) is 18.2 Å². The predicted octanol–water partition coefficient (Wildman–Crippen LogP) is 4.19. The first-order chi connectivity index (χ1) is 16.9. The Kier molecular flexibility index (Phi) is 7.74. The van der Waals surface area contributed by atoms with E-state index < -0.39 is 11.2 Å². The topological polar surface area (TPSA) is 101 Å². The average Bonchev–Trinajstić information content (AvgIpc) is 3.45. The fourth-order valence-electron chi connectivity index (χ4n) is 3.60. The number of carbonyl (C=O) groups excluding carboxylic acids is 1. The van der Waals surface area contributed by atoms with Gasteiger partial charge in [0.2, 0.25) is 5.91 Å². The van der Waals surface area contributed by atoms with Crippen LogP contribution in [-0.2, 0) is 35.3 Å². The SMILES string of the molecule is CCCn1cnnc1C[S+]([O-])c1ccc(NC(=O)C=Cc2cnn(C)c2-c2ccc(F)cc2)cc1. The van der Waals surface area contributed by atoms with Gasteiger partial charge in [0.25, 0.3) is 0 Å². The summed E-state index contributed by atoms with van der Waals surface area (Å²) in [6, 6.07) is 13.0. The van der Waals surface area contributed by atoms with Crippen molar-refractivity contribution >= 4 is 28.8 Å². The van der Waals surface area contributed by atoms with Crippen LogP contribution in [0, 0.1) is 5.82 Å². The van der Waals surface area contributed by atoms with Crippen LogP contribution in [0.25, 0.3) is 17.3 Å². The lowest BCUT2D eigenvalue weighted by Gasteiger charge is -2.11. The van der Waals surface area contributed by atoms with Crippen LogP contribution in [0.15, 0.2) is 72.0 Å². The molecule has 0 aliphatic heterocycles. The maximum atomic E-state index is 13.3. The fraction of sp³-hybridized carbons (Fsp3) is 0.200. The zero-order chi connectivity index (χ0) is 24.8. The monoisotopic (exact) mass is 492 g/mol. The molecule has 8 nitrogen and oxygen atoms in total. The van der Waals surface area contributed by atoms with E-state index in [4.69, 9.17) is 0 Å². The number of aromatic nitrogens is 5. The molecule has 0 bridgehead atoms. The minimum absolute atomic E-state index is 0.274. The zero-order valence-corrected chi connectivity index (χ0v) is 20.2. The van der Waals surface area contributed by atoms with Crippen LogP contribution in [-0.4, -0.2) is 35.0 Å². The van der Waals surface area contributed by atoms with Crippen LogP contribution >= 0.6 is 0 Å². The molecule has 0 aliphatic carbocycles. The molecule has 0 saturated heterocycles. The molecular formula is C25H25FN6O2S. The highest BCUT2D eigenvalue weighted by Crippen LogP contribution is 2.24. The van der Waals surface area contributed by atoms with Crippen LogP contribution in [0.4, 0.5) is 10.1 Å². The van der Waals surface area contributed by atoms with E-state index in [9.17, 15) is 13.7 Å². The summed E-state index contributed by atoms with van der Waals surface area (Å²) in [5.41, 5.74) is 2.88. The van der Waals surface area contributed by atoms with Crippen LogP contribution in [0.2, 0.25) is 0 Å². The molecule has 1 amide bonds. The summed E-state index contributed by atoms with van der Waals surface area (Å²) < 4.78 is 29.6. The molecule has 180 valence electrons. The molecule has 2 heterocycles. The third kappa shape index (κ3) is 6.03. The van der Waals surface area contributed by atoms with Crippen molar-refractivity contribution in [3.63, 3.8) is 0 Å². The highest BCUT2D eigenvalue weighted by Gasteiger charge is 2.16. The van der Waals surface area contributed by atoms with E-state index in [-0.39, 0.29) is 17.5 Å². The molecule has 1 N–H and O–H groups in total. The predicted molar refractivity (Wildman–Crippen MR) is 133 cm³/mol. The van der Waals surface area contributed by atoms with Gasteiger partial charge in [0.05, 0.1) is 11.9 Å². The number of carbonyl (C=O) groups is 1. The van der Waals surface area contributed by atoms with E-state index in [0.29, 0.717) is 16.4 Å². The second kappa shape index (κ2) is 11.1. The molecule has 2 aromatic carbocycles. The lowest BCUT2D eigenvalue weighted by Crippen LogP contribution is -2.11. The summed E-state index contributed by atoms with van der Waals surface area (Å²) in [4.78, 5) is 13.1. The molecule has 0 radical (unpaired) electrons. The summed E-state index contributed by atoms with van der Waals surface area (Å²) in [5, 5.41) is 15.0. The molecule has 35 heavy (non-hydrogen) atoms. The maximum absolute atomic E-state index is 13.3. The van der Waals surface area contributed by atoms with Gasteiger partial charge in [-0.1, -0.05) is 6.92 Å². The molecular weight excluding hydrogens is 467 g/mol. The van der Waals surface area contributed by atoms with E-state index in [1.54, 1.807) is 66.7 Å². The first kappa shape index (κ1) is 24.4. The maximum Gasteiger partial charge on any atom is 0.248 e. The number of nitrogens with one attached hydrogen (secondary N) is 1. The van der Waals surface area contributed by atoms with Gasteiger partial charge >= 0.3 is 0 Å². The van der Waals surface area contributed by atoms with E-state index in [0.717, 1.165) is 29.8 Å². The number of hydrogen-bond acceptors (Lipinski definition) is 5. The Hall–Kier alpha value is -3.76. The number of hydrogen-bond donors (Lipinski definition) is 1. The molecule has 0 spiro atoms. The first-order valence-electron chi connectivity index (χ1n) is 11.1. The highest BCUT2D eigenvalue weighted by atomic mass is 32.2. The normalized spacial score (nSPS) is 12.2. The van der Waals surface area contributed by atoms with E-state index >= 15 is 0 Å². The van der Waals surface area contributed by atoms with Gasteiger partial charge in [-0.15, -0.1) is 10.2 Å². The summed E-state index contributed by atoms with van der Waals surface area (Å²) in [5.74, 6) is 0.321. The second-order valence-electron chi connectivity index (χ2n) is 7.86. The minimum Gasteiger partial charge on any atom is -0.611 e. The molecule has 4 aromatic rings. The van der Waals surface area contributed by atoms with Gasteiger partial charge < -0.3 is 14.4 Å². The number of benzene rings is 2. The number of nitrogens with zero attached hydrogens (tertiary/aromatic N) is 5. The lowest BCUT2D eigenvalue weighted by molar-refractivity contribution is -0.111. The Morgan fingerprint density at radius 3 is 2.63 bits per heavy atom. The van der Waals surface area contributed by atoms with E-state index in [1.807, 2.05) is 4.57 Å². The number of anilines is 1. The molecule has 2 aromatic heterocycles. The molecule has 0 aliphatic rings. The van der Waals surface area contributed by atoms with Crippen molar-refractivity contribution in [2.45, 2.75) is 30.5 Å². The van der Waals surface area contributed by atoms with Gasteiger partial charge in [-0.05, 0) is 72.2 Å².